The van der Waals surface area contributed by atoms with Crippen molar-refractivity contribution >= 4 is 11.8 Å². The van der Waals surface area contributed by atoms with Crippen molar-refractivity contribution in [1.82, 2.24) is 0 Å². The predicted octanol–water partition coefficient (Wildman–Crippen LogP) is 12.7. The van der Waals surface area contributed by atoms with Crippen molar-refractivity contribution < 1.29 is 4.70 Å². The van der Waals surface area contributed by atoms with Crippen LogP contribution < -0.4 is 0 Å². The fraction of sp³-hybridized carbons (Fsp3) is 0.650. The summed E-state index contributed by atoms with van der Waals surface area (Å²) in [7, 11) is 2.10. The summed E-state index contributed by atoms with van der Waals surface area (Å²) in [6, 6.07) is 11.8. The average Bonchev–Trinajstić information content (AvgIpc) is 2.99. The Hall–Kier alpha value is -2.22. The maximum absolute atomic E-state index is 5.03. The second kappa shape index (κ2) is 21.5. The molecule has 0 N–H and O–H groups in total. The van der Waals surface area contributed by atoms with Crippen molar-refractivity contribution in [1.29, 1.82) is 0 Å². The number of rotatable bonds is 22. The third kappa shape index (κ3) is 13.0. The van der Waals surface area contributed by atoms with Crippen molar-refractivity contribution in [3.05, 3.63) is 69.4 Å². The highest BCUT2D eigenvalue weighted by Crippen LogP contribution is 2.26. The maximum atomic E-state index is 5.03. The van der Waals surface area contributed by atoms with E-state index in [1.807, 2.05) is 0 Å². The molecule has 0 amide bonds. The Morgan fingerprint density at radius 2 is 1.14 bits per heavy atom. The van der Waals surface area contributed by atoms with E-state index in [-0.39, 0.29) is 0 Å². The lowest BCUT2D eigenvalue weighted by Gasteiger charge is -2.16. The lowest BCUT2D eigenvalue weighted by molar-refractivity contribution is -0.510. The first-order valence-electron chi connectivity index (χ1n) is 17.9. The van der Waals surface area contributed by atoms with Gasteiger partial charge in [-0.15, -0.1) is 0 Å². The minimum absolute atomic E-state index is 1.07. The number of nitrogens with zero attached hydrogens (tertiary/aromatic N) is 2. The van der Waals surface area contributed by atoms with E-state index < -0.39 is 0 Å². The molecule has 0 fully saturated rings. The Labute approximate surface area is 261 Å². The van der Waals surface area contributed by atoms with Crippen LogP contribution in [0.5, 0.6) is 0 Å². The zero-order valence-electron chi connectivity index (χ0n) is 28.8. The molecule has 0 radical (unpaired) electrons. The van der Waals surface area contributed by atoms with Crippen LogP contribution in [0.15, 0.2) is 41.1 Å². The minimum Gasteiger partial charge on any atom is -0.0909 e. The molecule has 0 atom stereocenters. The van der Waals surface area contributed by atoms with Gasteiger partial charge in [-0.3, -0.25) is 0 Å². The molecular formula is C40H65N2+. The zero-order chi connectivity index (χ0) is 30.6. The molecule has 234 valence electrons. The highest BCUT2D eigenvalue weighted by Gasteiger charge is 2.12. The smallest absolute Gasteiger partial charge is 0.0909 e. The molecular weight excluding hydrogens is 508 g/mol. The first-order chi connectivity index (χ1) is 20.5. The molecule has 2 aromatic rings. The zero-order valence-corrected chi connectivity index (χ0v) is 28.8. The third-order valence-electron chi connectivity index (χ3n) is 8.94. The van der Waals surface area contributed by atoms with Crippen molar-refractivity contribution in [2.75, 3.05) is 7.05 Å². The number of hydrogen-bond donors (Lipinski definition) is 0. The second-order valence-corrected chi connectivity index (χ2v) is 12.5. The van der Waals surface area contributed by atoms with Crippen LogP contribution in [-0.2, 0) is 32.1 Å². The van der Waals surface area contributed by atoms with E-state index in [1.54, 1.807) is 16.7 Å². The van der Waals surface area contributed by atoms with Crippen LogP contribution in [0, 0.1) is 0 Å². The summed E-state index contributed by atoms with van der Waals surface area (Å²) in [6.07, 6.45) is 26.9. The molecule has 0 aliphatic carbocycles. The quantitative estimate of drug-likeness (QED) is 0.0756. The lowest BCUT2D eigenvalue weighted by atomic mass is 9.89. The molecule has 0 unspecified atom stereocenters. The number of aryl methyl sites for hydroxylation is 4. The fourth-order valence-corrected chi connectivity index (χ4v) is 6.15. The molecule has 2 heteroatoms. The SMILES string of the molecule is CCCCCCCCc1cc(N=[N+](C)C(C)=Cc2cc(CC)c(CCCC)c(CCCCCCCC)c2)ccc1CC. The first kappa shape index (κ1) is 36.0. The lowest BCUT2D eigenvalue weighted by Crippen LogP contribution is -2.03. The van der Waals surface area contributed by atoms with Gasteiger partial charge in [-0.1, -0.05) is 128 Å². The Balaban J connectivity index is 2.22. The Bertz CT molecular complexity index is 1090. The molecule has 2 rings (SSSR count). The van der Waals surface area contributed by atoms with Crippen LogP contribution in [0.1, 0.15) is 165 Å². The monoisotopic (exact) mass is 574 g/mol. The molecule has 0 aliphatic rings. The maximum Gasteiger partial charge on any atom is 0.205 e. The summed E-state index contributed by atoms with van der Waals surface area (Å²) < 4.78 is 2.07. The molecule has 0 saturated carbocycles. The predicted molar refractivity (Wildman–Crippen MR) is 186 cm³/mol. The summed E-state index contributed by atoms with van der Waals surface area (Å²) in [5.74, 6) is 0. The van der Waals surface area contributed by atoms with Gasteiger partial charge in [0.2, 0.25) is 5.70 Å². The second-order valence-electron chi connectivity index (χ2n) is 12.5. The van der Waals surface area contributed by atoms with Crippen molar-refractivity contribution in [2.45, 2.75) is 164 Å². The highest BCUT2D eigenvalue weighted by atomic mass is 15.2. The van der Waals surface area contributed by atoms with E-state index in [2.05, 4.69) is 89.7 Å². The van der Waals surface area contributed by atoms with E-state index in [0.29, 0.717) is 0 Å². The number of unbranched alkanes of at least 4 members (excludes halogenated alkanes) is 11. The van der Waals surface area contributed by atoms with E-state index in [1.165, 1.54) is 132 Å². The number of azo groups is 2. The number of hydrogen-bond acceptors (Lipinski definition) is 1. The van der Waals surface area contributed by atoms with Gasteiger partial charge in [0.1, 0.15) is 5.69 Å². The summed E-state index contributed by atoms with van der Waals surface area (Å²) in [5, 5.41) is 5.03. The van der Waals surface area contributed by atoms with E-state index in [0.717, 1.165) is 18.5 Å². The van der Waals surface area contributed by atoms with Crippen molar-refractivity contribution in [3.63, 3.8) is 0 Å². The topological polar surface area (TPSA) is 15.4 Å². The van der Waals surface area contributed by atoms with Crippen LogP contribution in [0.2, 0.25) is 0 Å². The van der Waals surface area contributed by atoms with Crippen molar-refractivity contribution in [2.24, 2.45) is 5.11 Å². The van der Waals surface area contributed by atoms with Gasteiger partial charge in [0.25, 0.3) is 0 Å². The molecule has 2 nitrogen and oxygen atoms in total. The van der Waals surface area contributed by atoms with Crippen LogP contribution in [-0.4, -0.2) is 11.7 Å². The van der Waals surface area contributed by atoms with Gasteiger partial charge >= 0.3 is 0 Å². The minimum atomic E-state index is 1.07. The van der Waals surface area contributed by atoms with Gasteiger partial charge in [0.05, 0.1) is 0 Å². The summed E-state index contributed by atoms with van der Waals surface area (Å²) in [6.45, 7) is 13.7. The summed E-state index contributed by atoms with van der Waals surface area (Å²) >= 11 is 0. The van der Waals surface area contributed by atoms with Gasteiger partial charge in [-0.05, 0) is 102 Å². The molecule has 0 heterocycles. The highest BCUT2D eigenvalue weighted by molar-refractivity contribution is 5.56. The first-order valence-corrected chi connectivity index (χ1v) is 17.9. The van der Waals surface area contributed by atoms with Gasteiger partial charge < -0.3 is 0 Å². The summed E-state index contributed by atoms with van der Waals surface area (Å²) in [5.41, 5.74) is 11.3. The molecule has 42 heavy (non-hydrogen) atoms. The van der Waals surface area contributed by atoms with Crippen LogP contribution in [0.4, 0.5) is 5.69 Å². The molecule has 0 aromatic heterocycles. The molecule has 0 spiro atoms. The van der Waals surface area contributed by atoms with E-state index in [9.17, 15) is 0 Å². The molecule has 0 saturated heterocycles. The largest absolute Gasteiger partial charge is 0.205 e. The van der Waals surface area contributed by atoms with Crippen LogP contribution in [0.3, 0.4) is 0 Å². The standard InChI is InChI=1S/C40H65N2/c1-8-13-16-18-20-22-24-37-32-39(28-27-35(37)11-4)41-42(7)33(6)29-34-30-36(12-5)40(26-15-10-3)38(31-34)25-23-21-19-17-14-9-2/h27-32H,8-26H2,1-7H3/q+1. The normalized spacial score (nSPS) is 12.4. The van der Waals surface area contributed by atoms with E-state index >= 15 is 0 Å². The third-order valence-corrected chi connectivity index (χ3v) is 8.94. The number of benzene rings is 2. The fourth-order valence-electron chi connectivity index (χ4n) is 6.15. The average molecular weight is 574 g/mol. The van der Waals surface area contributed by atoms with Gasteiger partial charge in [0, 0.05) is 13.0 Å². The Morgan fingerprint density at radius 1 is 0.595 bits per heavy atom. The van der Waals surface area contributed by atoms with Gasteiger partial charge in [-0.25, -0.2) is 0 Å². The van der Waals surface area contributed by atoms with E-state index in [4.69, 9.17) is 5.11 Å². The van der Waals surface area contributed by atoms with Crippen LogP contribution >= 0.6 is 0 Å². The van der Waals surface area contributed by atoms with Crippen LogP contribution in [0.25, 0.3) is 6.08 Å². The number of allylic oxidation sites excluding steroid dienone is 1. The summed E-state index contributed by atoms with van der Waals surface area (Å²) in [4.78, 5) is 0. The molecule has 0 bridgehead atoms. The Morgan fingerprint density at radius 3 is 1.74 bits per heavy atom. The molecule has 0 aliphatic heterocycles. The van der Waals surface area contributed by atoms with Crippen molar-refractivity contribution in [3.8, 4) is 0 Å². The molecule has 2 aromatic carbocycles. The Kier molecular flexibility index (Phi) is 18.4. The van der Waals surface area contributed by atoms with Gasteiger partial charge in [0.15, 0.2) is 7.05 Å². The van der Waals surface area contributed by atoms with Gasteiger partial charge in [-0.2, -0.15) is 0 Å².